The minimum Gasteiger partial charge on any atom is -0.261 e. The maximum atomic E-state index is 9.57. The van der Waals surface area contributed by atoms with Crippen molar-refractivity contribution in [2.24, 2.45) is 0 Å². The van der Waals surface area contributed by atoms with Gasteiger partial charge in [-0.1, -0.05) is 12.6 Å². The van der Waals surface area contributed by atoms with Crippen molar-refractivity contribution in [2.75, 3.05) is 0 Å². The second-order valence-electron chi connectivity index (χ2n) is 0.542. The Bertz CT molecular complexity index is 94.2. The molecule has 0 aromatic heterocycles. The van der Waals surface area contributed by atoms with Crippen LogP contribution in [0.2, 0.25) is 0 Å². The molecule has 0 aromatic rings. The van der Waals surface area contributed by atoms with E-state index in [1.165, 1.54) is 6.19 Å². The molecular weight excluding hydrogens is 100 g/mol. The highest BCUT2D eigenvalue weighted by Gasteiger charge is 1.80. The molecule has 0 aromatic carbocycles. The fourth-order valence-electron chi connectivity index (χ4n) is 0.0478. The van der Waals surface area contributed by atoms with Gasteiger partial charge in [-0.2, -0.15) is 5.26 Å². The Balaban J connectivity index is 3.13. The van der Waals surface area contributed by atoms with Gasteiger partial charge < -0.3 is 0 Å². The Labute approximate surface area is 40.4 Å². The van der Waals surface area contributed by atoms with Crippen LogP contribution in [0.15, 0.2) is 0 Å². The highest BCUT2D eigenvalue weighted by molar-refractivity contribution is 7.96. The van der Waals surface area contributed by atoms with E-state index in [1.54, 1.807) is 5.32 Å². The molecule has 0 fully saturated rings. The average molecular weight is 102 g/mol. The topological polar surface area (TPSA) is 52.9 Å². The number of thiol groups is 1. The van der Waals surface area contributed by atoms with Crippen LogP contribution in [-0.2, 0) is 0 Å². The minimum atomic E-state index is -0.627. The summed E-state index contributed by atoms with van der Waals surface area (Å²) in [5, 5.41) is 8.72. The first-order valence-corrected chi connectivity index (χ1v) is 1.60. The summed E-state index contributed by atoms with van der Waals surface area (Å²) in [4.78, 5) is 9.57. The molecule has 0 atom stereocenters. The fraction of sp³-hybridized carbons (Fsp3) is 0. The lowest BCUT2D eigenvalue weighted by Crippen LogP contribution is -2.06. The number of hydrogen-bond donors (Lipinski definition) is 2. The van der Waals surface area contributed by atoms with Crippen LogP contribution < -0.4 is 5.32 Å². The van der Waals surface area contributed by atoms with Crippen molar-refractivity contribution < 1.29 is 4.79 Å². The number of amides is 1. The highest BCUT2D eigenvalue weighted by Crippen LogP contribution is 1.69. The van der Waals surface area contributed by atoms with Gasteiger partial charge in [0.2, 0.25) is 0 Å². The van der Waals surface area contributed by atoms with Crippen LogP contribution in [0, 0.1) is 11.5 Å². The molecule has 0 saturated carbocycles. The van der Waals surface area contributed by atoms with Gasteiger partial charge in [-0.15, -0.1) is 0 Å². The van der Waals surface area contributed by atoms with Gasteiger partial charge in [0.25, 0.3) is 5.24 Å². The Hall–Kier alpha value is -0.690. The SMILES string of the molecule is N#CNC(=O)S. The first-order valence-electron chi connectivity index (χ1n) is 1.15. The summed E-state index contributed by atoms with van der Waals surface area (Å²) in [5.74, 6) is 0. The molecule has 0 bridgehead atoms. The molecule has 1 N–H and O–H groups in total. The van der Waals surface area contributed by atoms with Gasteiger partial charge >= 0.3 is 0 Å². The summed E-state index contributed by atoms with van der Waals surface area (Å²) >= 11 is 3.21. The Morgan fingerprint density at radius 2 is 2.50 bits per heavy atom. The van der Waals surface area contributed by atoms with Gasteiger partial charge in [0.15, 0.2) is 6.19 Å². The summed E-state index contributed by atoms with van der Waals surface area (Å²) in [6.07, 6.45) is 1.39. The number of nitrogens with one attached hydrogen (secondary N) is 1. The quantitative estimate of drug-likeness (QED) is 0.259. The molecule has 0 unspecified atom stereocenters. The maximum Gasteiger partial charge on any atom is 0.288 e. The zero-order chi connectivity index (χ0) is 4.99. The lowest BCUT2D eigenvalue weighted by atomic mass is 11.2. The molecule has 0 saturated heterocycles. The van der Waals surface area contributed by atoms with E-state index in [2.05, 4.69) is 12.6 Å². The third kappa shape index (κ3) is 3.31. The molecule has 0 spiro atoms. The predicted molar refractivity (Wildman–Crippen MR) is 23.1 cm³/mol. The third-order valence-corrected chi connectivity index (χ3v) is 0.275. The lowest BCUT2D eigenvalue weighted by molar-refractivity contribution is 0.264. The normalized spacial score (nSPS) is 6.00. The summed E-state index contributed by atoms with van der Waals surface area (Å²) in [5.41, 5.74) is 0. The first kappa shape index (κ1) is 5.31. The number of nitriles is 1. The smallest absolute Gasteiger partial charge is 0.261 e. The fourth-order valence-corrected chi connectivity index (χ4v) is 0.0978. The van der Waals surface area contributed by atoms with Crippen LogP contribution >= 0.6 is 12.6 Å². The van der Waals surface area contributed by atoms with Crippen molar-refractivity contribution >= 4 is 17.9 Å². The zero-order valence-corrected chi connectivity index (χ0v) is 3.70. The van der Waals surface area contributed by atoms with Crippen molar-refractivity contribution in [2.45, 2.75) is 0 Å². The van der Waals surface area contributed by atoms with Gasteiger partial charge in [0.1, 0.15) is 0 Å². The molecule has 0 aliphatic carbocycles. The molecule has 4 heteroatoms. The molecule has 0 aliphatic heterocycles. The number of carbonyl (C=O) groups excluding carboxylic acids is 1. The molecule has 6 heavy (non-hydrogen) atoms. The van der Waals surface area contributed by atoms with Gasteiger partial charge in [-0.05, 0) is 0 Å². The van der Waals surface area contributed by atoms with Crippen molar-refractivity contribution in [3.63, 3.8) is 0 Å². The molecule has 0 aliphatic rings. The second kappa shape index (κ2) is 2.54. The van der Waals surface area contributed by atoms with E-state index < -0.39 is 5.24 Å². The van der Waals surface area contributed by atoms with Crippen LogP contribution in [0.3, 0.4) is 0 Å². The van der Waals surface area contributed by atoms with Gasteiger partial charge in [0.05, 0.1) is 0 Å². The number of hydrogen-bond acceptors (Lipinski definition) is 2. The summed E-state index contributed by atoms with van der Waals surface area (Å²) in [6, 6.07) is 0. The van der Waals surface area contributed by atoms with Crippen molar-refractivity contribution in [1.29, 1.82) is 5.26 Å². The van der Waals surface area contributed by atoms with Gasteiger partial charge in [-0.25, -0.2) is 0 Å². The second-order valence-corrected chi connectivity index (χ2v) is 0.948. The van der Waals surface area contributed by atoms with Gasteiger partial charge in [-0.3, -0.25) is 10.1 Å². The Morgan fingerprint density at radius 1 is 2.00 bits per heavy atom. The Morgan fingerprint density at radius 3 is 2.50 bits per heavy atom. The molecule has 3 nitrogen and oxygen atoms in total. The van der Waals surface area contributed by atoms with E-state index in [0.717, 1.165) is 0 Å². The monoisotopic (exact) mass is 102 g/mol. The van der Waals surface area contributed by atoms with E-state index in [0.29, 0.717) is 0 Å². The van der Waals surface area contributed by atoms with Crippen LogP contribution in [0.25, 0.3) is 0 Å². The van der Waals surface area contributed by atoms with E-state index in [9.17, 15) is 4.79 Å². The maximum absolute atomic E-state index is 9.57. The number of carbonyl (C=O) groups is 1. The molecule has 0 heterocycles. The predicted octanol–water partition coefficient (Wildman–Crippen LogP) is 0.107. The van der Waals surface area contributed by atoms with E-state index in [4.69, 9.17) is 5.26 Å². The van der Waals surface area contributed by atoms with Crippen LogP contribution in [-0.4, -0.2) is 5.24 Å². The van der Waals surface area contributed by atoms with Crippen LogP contribution in [0.5, 0.6) is 0 Å². The zero-order valence-electron chi connectivity index (χ0n) is 2.80. The highest BCUT2D eigenvalue weighted by atomic mass is 32.1. The van der Waals surface area contributed by atoms with Gasteiger partial charge in [0, 0.05) is 0 Å². The summed E-state index contributed by atoms with van der Waals surface area (Å²) < 4.78 is 0. The molecule has 1 amide bonds. The Kier molecular flexibility index (Phi) is 2.25. The summed E-state index contributed by atoms with van der Waals surface area (Å²) in [6.45, 7) is 0. The van der Waals surface area contributed by atoms with Crippen molar-refractivity contribution in [3.8, 4) is 6.19 Å². The van der Waals surface area contributed by atoms with E-state index in [1.807, 2.05) is 0 Å². The van der Waals surface area contributed by atoms with Crippen molar-refractivity contribution in [3.05, 3.63) is 0 Å². The molecule has 32 valence electrons. The molecule has 0 radical (unpaired) electrons. The van der Waals surface area contributed by atoms with E-state index in [-0.39, 0.29) is 0 Å². The standard InChI is InChI=1S/C2H2N2OS/c3-1-4-2(5)6/h(H2,4,5,6). The minimum absolute atomic E-state index is 0.627. The number of nitrogens with zero attached hydrogens (tertiary/aromatic N) is 1. The lowest BCUT2D eigenvalue weighted by Gasteiger charge is -1.75. The average Bonchev–Trinajstić information content (AvgIpc) is 1.35. The largest absolute Gasteiger partial charge is 0.288 e. The van der Waals surface area contributed by atoms with Crippen LogP contribution in [0.1, 0.15) is 0 Å². The van der Waals surface area contributed by atoms with Crippen LogP contribution in [0.4, 0.5) is 4.79 Å². The molecular formula is C2H2N2OS. The third-order valence-electron chi connectivity index (χ3n) is 0.163. The molecule has 0 rings (SSSR count). The van der Waals surface area contributed by atoms with Crippen molar-refractivity contribution in [1.82, 2.24) is 5.32 Å². The number of rotatable bonds is 0. The first-order chi connectivity index (χ1) is 2.77. The van der Waals surface area contributed by atoms with E-state index >= 15 is 0 Å². The summed E-state index contributed by atoms with van der Waals surface area (Å²) in [7, 11) is 0.